The standard InChI is InChI=1S/C17H16N2O4/c1-23-12-7-8-15(16(9-12)19(21)22)18-17(20)14-10-13(14)11-5-3-2-4-6-11/h2-9,13-14H,10H2,1H3,(H,18,20). The third-order valence-corrected chi connectivity index (χ3v) is 4.01. The minimum atomic E-state index is -0.528. The second-order valence-corrected chi connectivity index (χ2v) is 5.49. The minimum Gasteiger partial charge on any atom is -0.496 e. The first-order chi connectivity index (χ1) is 11.1. The average molecular weight is 312 g/mol. The zero-order valence-electron chi connectivity index (χ0n) is 12.6. The van der Waals surface area contributed by atoms with Gasteiger partial charge in [0.25, 0.3) is 5.69 Å². The number of anilines is 1. The van der Waals surface area contributed by atoms with E-state index in [1.807, 2.05) is 30.3 Å². The average Bonchev–Trinajstić information content (AvgIpc) is 3.36. The minimum absolute atomic E-state index is 0.140. The highest BCUT2D eigenvalue weighted by Crippen LogP contribution is 2.48. The molecule has 0 radical (unpaired) electrons. The number of carbonyl (C=O) groups excluding carboxylic acids is 1. The van der Waals surface area contributed by atoms with Crippen molar-refractivity contribution in [1.82, 2.24) is 0 Å². The molecule has 0 heterocycles. The van der Waals surface area contributed by atoms with E-state index in [4.69, 9.17) is 4.74 Å². The molecule has 1 N–H and O–H groups in total. The zero-order chi connectivity index (χ0) is 16.4. The van der Waals surface area contributed by atoms with Crippen molar-refractivity contribution < 1.29 is 14.5 Å². The number of benzene rings is 2. The van der Waals surface area contributed by atoms with Crippen molar-refractivity contribution in [2.75, 3.05) is 12.4 Å². The van der Waals surface area contributed by atoms with Crippen LogP contribution in [0.5, 0.6) is 5.75 Å². The molecular formula is C17H16N2O4. The van der Waals surface area contributed by atoms with Crippen LogP contribution in [0.4, 0.5) is 11.4 Å². The Kier molecular flexibility index (Phi) is 3.97. The van der Waals surface area contributed by atoms with Crippen LogP contribution in [0.3, 0.4) is 0 Å². The summed E-state index contributed by atoms with van der Waals surface area (Å²) in [5.41, 5.74) is 1.14. The van der Waals surface area contributed by atoms with Gasteiger partial charge in [0.1, 0.15) is 11.4 Å². The van der Waals surface area contributed by atoms with Crippen LogP contribution in [0.1, 0.15) is 17.9 Å². The van der Waals surface area contributed by atoms with Crippen molar-refractivity contribution in [1.29, 1.82) is 0 Å². The number of methoxy groups -OCH3 is 1. The number of hydrogen-bond donors (Lipinski definition) is 1. The molecule has 1 saturated carbocycles. The Morgan fingerprint density at radius 2 is 2.00 bits per heavy atom. The quantitative estimate of drug-likeness (QED) is 0.678. The molecular weight excluding hydrogens is 296 g/mol. The number of rotatable bonds is 5. The van der Waals surface area contributed by atoms with E-state index in [0.29, 0.717) is 5.75 Å². The van der Waals surface area contributed by atoms with Gasteiger partial charge in [-0.2, -0.15) is 0 Å². The number of amides is 1. The molecule has 0 aliphatic heterocycles. The molecule has 6 heteroatoms. The summed E-state index contributed by atoms with van der Waals surface area (Å²) in [5.74, 6) is 0.239. The van der Waals surface area contributed by atoms with E-state index >= 15 is 0 Å². The molecule has 0 aromatic heterocycles. The molecule has 23 heavy (non-hydrogen) atoms. The summed E-state index contributed by atoms with van der Waals surface area (Å²) in [4.78, 5) is 22.9. The van der Waals surface area contributed by atoms with Crippen molar-refractivity contribution in [3.05, 3.63) is 64.2 Å². The third-order valence-electron chi connectivity index (χ3n) is 4.01. The summed E-state index contributed by atoms with van der Waals surface area (Å²) < 4.78 is 4.98. The first kappa shape index (κ1) is 15.0. The maximum Gasteiger partial charge on any atom is 0.296 e. The summed E-state index contributed by atoms with van der Waals surface area (Å²) >= 11 is 0. The van der Waals surface area contributed by atoms with Crippen LogP contribution in [-0.4, -0.2) is 17.9 Å². The van der Waals surface area contributed by atoms with E-state index in [-0.39, 0.29) is 29.1 Å². The normalized spacial score (nSPS) is 19.0. The summed E-state index contributed by atoms with van der Waals surface area (Å²) in [6.07, 6.45) is 0.764. The Bertz CT molecular complexity index is 746. The van der Waals surface area contributed by atoms with Gasteiger partial charge in [-0.15, -0.1) is 0 Å². The molecule has 1 amide bonds. The van der Waals surface area contributed by atoms with Crippen LogP contribution in [0.25, 0.3) is 0 Å². The summed E-state index contributed by atoms with van der Waals surface area (Å²) in [6, 6.07) is 14.2. The number of carbonyl (C=O) groups is 1. The van der Waals surface area contributed by atoms with Crippen LogP contribution >= 0.6 is 0 Å². The van der Waals surface area contributed by atoms with Crippen LogP contribution in [-0.2, 0) is 4.79 Å². The Morgan fingerprint density at radius 1 is 1.26 bits per heavy atom. The number of ether oxygens (including phenoxy) is 1. The summed E-state index contributed by atoms with van der Waals surface area (Å²) in [7, 11) is 1.44. The van der Waals surface area contributed by atoms with Gasteiger partial charge in [-0.05, 0) is 30.0 Å². The number of nitro benzene ring substituents is 1. The van der Waals surface area contributed by atoms with Gasteiger partial charge in [-0.1, -0.05) is 30.3 Å². The van der Waals surface area contributed by atoms with E-state index in [2.05, 4.69) is 5.32 Å². The molecule has 2 unspecified atom stereocenters. The number of hydrogen-bond acceptors (Lipinski definition) is 4. The van der Waals surface area contributed by atoms with E-state index in [9.17, 15) is 14.9 Å². The van der Waals surface area contributed by atoms with Gasteiger partial charge in [0, 0.05) is 5.92 Å². The van der Waals surface area contributed by atoms with Gasteiger partial charge in [0.05, 0.1) is 18.1 Å². The smallest absolute Gasteiger partial charge is 0.296 e. The van der Waals surface area contributed by atoms with Gasteiger partial charge in [0.2, 0.25) is 5.91 Å². The lowest BCUT2D eigenvalue weighted by molar-refractivity contribution is -0.384. The largest absolute Gasteiger partial charge is 0.496 e. The molecule has 1 fully saturated rings. The monoisotopic (exact) mass is 312 g/mol. The molecule has 1 aliphatic rings. The van der Waals surface area contributed by atoms with Crippen LogP contribution in [0.15, 0.2) is 48.5 Å². The first-order valence-electron chi connectivity index (χ1n) is 7.28. The first-order valence-corrected chi connectivity index (χ1v) is 7.28. The number of nitro groups is 1. The second-order valence-electron chi connectivity index (χ2n) is 5.49. The highest BCUT2D eigenvalue weighted by Gasteiger charge is 2.44. The summed E-state index contributed by atoms with van der Waals surface area (Å²) in [6.45, 7) is 0. The number of nitrogens with one attached hydrogen (secondary N) is 1. The molecule has 0 bridgehead atoms. The third kappa shape index (κ3) is 3.15. The van der Waals surface area contributed by atoms with E-state index in [0.717, 1.165) is 12.0 Å². The Morgan fingerprint density at radius 3 is 2.65 bits per heavy atom. The molecule has 6 nitrogen and oxygen atoms in total. The van der Waals surface area contributed by atoms with Gasteiger partial charge >= 0.3 is 0 Å². The van der Waals surface area contributed by atoms with Crippen molar-refractivity contribution in [2.24, 2.45) is 5.92 Å². The maximum absolute atomic E-state index is 12.3. The predicted molar refractivity (Wildman–Crippen MR) is 85.6 cm³/mol. The molecule has 0 saturated heterocycles. The van der Waals surface area contributed by atoms with E-state index < -0.39 is 4.92 Å². The molecule has 0 spiro atoms. The van der Waals surface area contributed by atoms with E-state index in [1.54, 1.807) is 6.07 Å². The molecule has 3 rings (SSSR count). The van der Waals surface area contributed by atoms with Crippen molar-refractivity contribution in [3.8, 4) is 5.75 Å². The van der Waals surface area contributed by atoms with Crippen LogP contribution in [0, 0.1) is 16.0 Å². The Hall–Kier alpha value is -2.89. The molecule has 118 valence electrons. The molecule has 2 atom stereocenters. The Labute approximate surface area is 133 Å². The van der Waals surface area contributed by atoms with Gasteiger partial charge in [-0.3, -0.25) is 14.9 Å². The maximum atomic E-state index is 12.3. The number of nitrogens with zero attached hydrogens (tertiary/aromatic N) is 1. The van der Waals surface area contributed by atoms with Crippen LogP contribution in [0.2, 0.25) is 0 Å². The van der Waals surface area contributed by atoms with Gasteiger partial charge in [-0.25, -0.2) is 0 Å². The molecule has 2 aromatic rings. The highest BCUT2D eigenvalue weighted by molar-refractivity contribution is 5.97. The van der Waals surface area contributed by atoms with Crippen molar-refractivity contribution in [2.45, 2.75) is 12.3 Å². The SMILES string of the molecule is COc1ccc(NC(=O)C2CC2c2ccccc2)c([N+](=O)[O-])c1. The second kappa shape index (κ2) is 6.08. The zero-order valence-corrected chi connectivity index (χ0v) is 12.6. The van der Waals surface area contributed by atoms with Gasteiger partial charge in [0.15, 0.2) is 0 Å². The lowest BCUT2D eigenvalue weighted by atomic mass is 10.1. The topological polar surface area (TPSA) is 81.5 Å². The fourth-order valence-electron chi connectivity index (χ4n) is 2.67. The highest BCUT2D eigenvalue weighted by atomic mass is 16.6. The molecule has 1 aliphatic carbocycles. The lowest BCUT2D eigenvalue weighted by Crippen LogP contribution is -2.15. The summed E-state index contributed by atoms with van der Waals surface area (Å²) in [5, 5.41) is 13.8. The van der Waals surface area contributed by atoms with Crippen molar-refractivity contribution >= 4 is 17.3 Å². The van der Waals surface area contributed by atoms with Crippen molar-refractivity contribution in [3.63, 3.8) is 0 Å². The fraction of sp³-hybridized carbons (Fsp3) is 0.235. The van der Waals surface area contributed by atoms with Gasteiger partial charge < -0.3 is 10.1 Å². The Balaban J connectivity index is 1.73. The fourth-order valence-corrected chi connectivity index (χ4v) is 2.67. The lowest BCUT2D eigenvalue weighted by Gasteiger charge is -2.07. The van der Waals surface area contributed by atoms with E-state index in [1.165, 1.54) is 19.2 Å². The molecule has 2 aromatic carbocycles. The predicted octanol–water partition coefficient (Wildman–Crippen LogP) is 3.35. The van der Waals surface area contributed by atoms with Crippen LogP contribution < -0.4 is 10.1 Å².